The summed E-state index contributed by atoms with van der Waals surface area (Å²) in [6.45, 7) is 4.47. The lowest BCUT2D eigenvalue weighted by Crippen LogP contribution is -2.29. The lowest BCUT2D eigenvalue weighted by atomic mass is 9.98. The molecule has 1 saturated heterocycles. The van der Waals surface area contributed by atoms with E-state index in [2.05, 4.69) is 11.0 Å². The lowest BCUT2D eigenvalue weighted by Gasteiger charge is -2.27. The minimum atomic E-state index is -0.115. The molecule has 1 N–H and O–H groups in total. The highest BCUT2D eigenvalue weighted by Crippen LogP contribution is 2.42. The molecule has 0 bridgehead atoms. The molecule has 0 amide bonds. The molecular formula is C25H26N2O3. The van der Waals surface area contributed by atoms with Crippen LogP contribution in [0.25, 0.3) is 17.0 Å². The van der Waals surface area contributed by atoms with Crippen molar-refractivity contribution in [3.05, 3.63) is 64.5 Å². The van der Waals surface area contributed by atoms with Gasteiger partial charge in [0.15, 0.2) is 5.76 Å². The highest BCUT2D eigenvalue weighted by molar-refractivity contribution is 6.16. The Balaban J connectivity index is 1.55. The summed E-state index contributed by atoms with van der Waals surface area (Å²) in [5.74, 6) is 0.927. The largest absolute Gasteiger partial charge is 0.507 e. The van der Waals surface area contributed by atoms with Gasteiger partial charge in [0.1, 0.15) is 11.5 Å². The number of ether oxygens (including phenoxy) is 1. The Morgan fingerprint density at radius 3 is 2.73 bits per heavy atom. The maximum Gasteiger partial charge on any atom is 0.232 e. The van der Waals surface area contributed by atoms with Crippen LogP contribution in [-0.2, 0) is 13.6 Å². The molecule has 5 rings (SSSR count). The van der Waals surface area contributed by atoms with E-state index in [1.54, 1.807) is 6.07 Å². The van der Waals surface area contributed by atoms with Gasteiger partial charge in [0.25, 0.3) is 0 Å². The first-order valence-electron chi connectivity index (χ1n) is 10.6. The van der Waals surface area contributed by atoms with Crippen LogP contribution >= 0.6 is 0 Å². The number of phenolic OH excluding ortho intramolecular Hbond substituents is 1. The summed E-state index contributed by atoms with van der Waals surface area (Å²) in [5.41, 5.74) is 4.09. The van der Waals surface area contributed by atoms with Gasteiger partial charge in [0.2, 0.25) is 5.78 Å². The van der Waals surface area contributed by atoms with Gasteiger partial charge in [-0.2, -0.15) is 0 Å². The number of carbonyl (C=O) groups excluding carboxylic acids is 1. The number of rotatable bonds is 3. The summed E-state index contributed by atoms with van der Waals surface area (Å²) in [4.78, 5) is 15.6. The van der Waals surface area contributed by atoms with E-state index in [0.29, 0.717) is 29.2 Å². The number of hydrogen-bond acceptors (Lipinski definition) is 4. The summed E-state index contributed by atoms with van der Waals surface area (Å²) in [6, 6.07) is 9.80. The molecule has 0 aliphatic carbocycles. The monoisotopic (exact) mass is 402 g/mol. The summed E-state index contributed by atoms with van der Waals surface area (Å²) >= 11 is 0. The maximum atomic E-state index is 13.2. The first-order valence-corrected chi connectivity index (χ1v) is 10.6. The zero-order valence-electron chi connectivity index (χ0n) is 17.4. The summed E-state index contributed by atoms with van der Waals surface area (Å²) in [6.07, 6.45) is 7.42. The number of likely N-dealkylation sites (tertiary alicyclic amines) is 1. The number of aryl methyl sites for hydroxylation is 2. The number of hydrogen-bond donors (Lipinski definition) is 1. The molecular weight excluding hydrogens is 376 g/mol. The number of piperidine rings is 1. The van der Waals surface area contributed by atoms with Crippen LogP contribution in [-0.4, -0.2) is 33.4 Å². The third-order valence-electron chi connectivity index (χ3n) is 6.27. The highest BCUT2D eigenvalue weighted by Gasteiger charge is 2.34. The van der Waals surface area contributed by atoms with Gasteiger partial charge in [-0.3, -0.25) is 9.69 Å². The number of allylic oxidation sites excluding steroid dienone is 1. The Bertz CT molecular complexity index is 1180. The molecule has 154 valence electrons. The second-order valence-corrected chi connectivity index (χ2v) is 8.38. The van der Waals surface area contributed by atoms with Crippen LogP contribution in [0.1, 0.15) is 46.3 Å². The molecule has 0 spiro atoms. The normalized spacial score (nSPS) is 18.2. The van der Waals surface area contributed by atoms with E-state index in [1.807, 2.05) is 49.0 Å². The molecule has 5 heteroatoms. The number of benzene rings is 2. The van der Waals surface area contributed by atoms with E-state index in [9.17, 15) is 9.90 Å². The topological polar surface area (TPSA) is 54.7 Å². The second-order valence-electron chi connectivity index (χ2n) is 8.38. The Labute approximate surface area is 176 Å². The predicted molar refractivity (Wildman–Crippen MR) is 118 cm³/mol. The fraction of sp³-hybridized carbons (Fsp3) is 0.320. The van der Waals surface area contributed by atoms with Crippen molar-refractivity contribution in [2.24, 2.45) is 7.05 Å². The first-order chi connectivity index (χ1) is 14.5. The van der Waals surface area contributed by atoms with Gasteiger partial charge < -0.3 is 14.4 Å². The molecule has 3 heterocycles. The maximum absolute atomic E-state index is 13.2. The fourth-order valence-corrected chi connectivity index (χ4v) is 4.70. The molecule has 0 atom stereocenters. The van der Waals surface area contributed by atoms with Crippen LogP contribution in [0.4, 0.5) is 0 Å². The molecule has 5 nitrogen and oxygen atoms in total. The third-order valence-corrected chi connectivity index (χ3v) is 6.27. The number of phenols is 1. The molecule has 30 heavy (non-hydrogen) atoms. The quantitative estimate of drug-likeness (QED) is 0.640. The molecule has 2 aliphatic rings. The van der Waals surface area contributed by atoms with Gasteiger partial charge in [0, 0.05) is 36.3 Å². The van der Waals surface area contributed by atoms with Crippen LogP contribution in [0.2, 0.25) is 0 Å². The predicted octanol–water partition coefficient (Wildman–Crippen LogP) is 4.79. The number of nitrogens with zero attached hydrogens (tertiary/aromatic N) is 2. The van der Waals surface area contributed by atoms with Crippen LogP contribution in [0.3, 0.4) is 0 Å². The van der Waals surface area contributed by atoms with Crippen molar-refractivity contribution < 1.29 is 14.6 Å². The third kappa shape index (κ3) is 3.10. The van der Waals surface area contributed by atoms with E-state index in [4.69, 9.17) is 4.74 Å². The minimum absolute atomic E-state index is 0.115. The highest BCUT2D eigenvalue weighted by atomic mass is 16.5. The summed E-state index contributed by atoms with van der Waals surface area (Å²) in [5, 5.41) is 11.7. The summed E-state index contributed by atoms with van der Waals surface area (Å²) in [7, 11) is 2.00. The van der Waals surface area contributed by atoms with Crippen molar-refractivity contribution in [1.29, 1.82) is 0 Å². The van der Waals surface area contributed by atoms with E-state index in [-0.39, 0.29) is 11.5 Å². The van der Waals surface area contributed by atoms with Crippen molar-refractivity contribution >= 4 is 22.8 Å². The SMILES string of the molecule is Cc1cc(O)c(CN2CCCCC2)c2c1C(=O)/C(=C/c1cn(C)c3ccccc13)O2. The number of ketones is 1. The van der Waals surface area contributed by atoms with E-state index < -0.39 is 0 Å². The van der Waals surface area contributed by atoms with Crippen molar-refractivity contribution in [3.63, 3.8) is 0 Å². The first kappa shape index (κ1) is 18.9. The van der Waals surface area contributed by atoms with Crippen molar-refractivity contribution in [3.8, 4) is 11.5 Å². The van der Waals surface area contributed by atoms with Crippen molar-refractivity contribution in [2.45, 2.75) is 32.7 Å². The van der Waals surface area contributed by atoms with Crippen LogP contribution in [0.15, 0.2) is 42.3 Å². The van der Waals surface area contributed by atoms with Gasteiger partial charge in [0.05, 0.1) is 11.1 Å². The fourth-order valence-electron chi connectivity index (χ4n) is 4.70. The van der Waals surface area contributed by atoms with Crippen molar-refractivity contribution in [2.75, 3.05) is 13.1 Å². The van der Waals surface area contributed by atoms with E-state index >= 15 is 0 Å². The van der Waals surface area contributed by atoms with Crippen LogP contribution < -0.4 is 4.74 Å². The minimum Gasteiger partial charge on any atom is -0.507 e. The average molecular weight is 402 g/mol. The number of Topliss-reactive ketones (excluding diaryl/α,β-unsaturated/α-hetero) is 1. The number of aromatic nitrogens is 1. The molecule has 0 radical (unpaired) electrons. The average Bonchev–Trinajstić information content (AvgIpc) is 3.24. The number of fused-ring (bicyclic) bond motifs is 2. The van der Waals surface area contributed by atoms with Gasteiger partial charge in [-0.05, 0) is 56.6 Å². The second kappa shape index (κ2) is 7.33. The number of carbonyl (C=O) groups is 1. The van der Waals surface area contributed by atoms with Crippen LogP contribution in [0, 0.1) is 6.92 Å². The van der Waals surface area contributed by atoms with Crippen molar-refractivity contribution in [1.82, 2.24) is 9.47 Å². The number of aromatic hydroxyl groups is 1. The van der Waals surface area contributed by atoms with E-state index in [0.717, 1.165) is 35.1 Å². The lowest BCUT2D eigenvalue weighted by molar-refractivity contribution is 0.101. The van der Waals surface area contributed by atoms with Gasteiger partial charge in [-0.15, -0.1) is 0 Å². The molecule has 1 fully saturated rings. The molecule has 2 aromatic carbocycles. The molecule has 0 unspecified atom stereocenters. The Morgan fingerprint density at radius 1 is 1.17 bits per heavy atom. The zero-order valence-corrected chi connectivity index (χ0v) is 17.4. The van der Waals surface area contributed by atoms with E-state index in [1.165, 1.54) is 19.3 Å². The molecule has 3 aromatic rings. The van der Waals surface area contributed by atoms with Gasteiger partial charge in [-0.25, -0.2) is 0 Å². The summed E-state index contributed by atoms with van der Waals surface area (Å²) < 4.78 is 8.18. The Kier molecular flexibility index (Phi) is 4.63. The Morgan fingerprint density at radius 2 is 1.93 bits per heavy atom. The Hall–Kier alpha value is -3.05. The zero-order chi connectivity index (χ0) is 20.8. The standard InChI is InChI=1S/C25H26N2O3/c1-16-12-21(28)19(15-27-10-6-3-7-11-27)25-23(16)24(29)22(30-25)13-17-14-26(2)20-9-5-4-8-18(17)20/h4-5,8-9,12-14,28H,3,6-7,10-11,15H2,1-2H3/b22-13-. The van der Waals surface area contributed by atoms with Gasteiger partial charge >= 0.3 is 0 Å². The smallest absolute Gasteiger partial charge is 0.232 e. The molecule has 1 aromatic heterocycles. The molecule has 2 aliphatic heterocycles. The van der Waals surface area contributed by atoms with Crippen LogP contribution in [0.5, 0.6) is 11.5 Å². The molecule has 0 saturated carbocycles. The van der Waals surface area contributed by atoms with Gasteiger partial charge in [-0.1, -0.05) is 24.6 Å². The number of para-hydroxylation sites is 1.